The van der Waals surface area contributed by atoms with Gasteiger partial charge in [-0.15, -0.1) is 10.2 Å². The van der Waals surface area contributed by atoms with E-state index in [1.165, 1.54) is 0 Å². The third-order valence-electron chi connectivity index (χ3n) is 3.35. The Kier molecular flexibility index (Phi) is 3.25. The van der Waals surface area contributed by atoms with Crippen LogP contribution in [0.4, 0.5) is 5.69 Å². The van der Waals surface area contributed by atoms with Gasteiger partial charge in [0.15, 0.2) is 0 Å². The van der Waals surface area contributed by atoms with Crippen molar-refractivity contribution in [1.29, 1.82) is 0 Å². The van der Waals surface area contributed by atoms with E-state index in [1.54, 1.807) is 38.1 Å². The number of aryl methyl sites for hydroxylation is 1. The van der Waals surface area contributed by atoms with Crippen molar-refractivity contribution < 1.29 is 18.7 Å². The molecule has 3 rings (SSSR count). The molecule has 1 aliphatic heterocycles. The van der Waals surface area contributed by atoms with Crippen LogP contribution in [0.15, 0.2) is 16.5 Å². The van der Waals surface area contributed by atoms with E-state index < -0.39 is 0 Å². The number of nitrogens with zero attached hydrogens (tertiary/aromatic N) is 3. The van der Waals surface area contributed by atoms with Crippen molar-refractivity contribution in [2.75, 3.05) is 25.7 Å². The molecule has 7 heteroatoms. The van der Waals surface area contributed by atoms with Crippen molar-refractivity contribution >= 4 is 11.6 Å². The molecular weight excluding hydrogens is 274 g/mol. The zero-order valence-corrected chi connectivity index (χ0v) is 12.0. The summed E-state index contributed by atoms with van der Waals surface area (Å²) in [7, 11) is 3.27. The molecule has 2 heterocycles. The number of hydrogen-bond donors (Lipinski definition) is 0. The summed E-state index contributed by atoms with van der Waals surface area (Å²) in [6.07, 6.45) is 0.336. The summed E-state index contributed by atoms with van der Waals surface area (Å²) in [6, 6.07) is 3.50. The second-order valence-corrected chi connectivity index (χ2v) is 4.70. The highest BCUT2D eigenvalue weighted by Gasteiger charge is 2.24. The fourth-order valence-electron chi connectivity index (χ4n) is 2.22. The molecule has 0 fully saturated rings. The Labute approximate surface area is 121 Å². The molecule has 1 aliphatic rings. The van der Waals surface area contributed by atoms with Crippen LogP contribution in [0.1, 0.15) is 12.3 Å². The lowest BCUT2D eigenvalue weighted by atomic mass is 10.1. The molecule has 0 bridgehead atoms. The SMILES string of the molecule is COc1cc2c(cc1-c1nnc(C)o1)N(C)C(=O)CCO2. The molecule has 1 aromatic heterocycles. The van der Waals surface area contributed by atoms with Gasteiger partial charge in [-0.05, 0) is 6.07 Å². The van der Waals surface area contributed by atoms with Gasteiger partial charge in [-0.2, -0.15) is 0 Å². The monoisotopic (exact) mass is 289 g/mol. The Bertz CT molecular complexity index is 696. The fourth-order valence-corrected chi connectivity index (χ4v) is 2.22. The number of aromatic nitrogens is 2. The zero-order valence-electron chi connectivity index (χ0n) is 12.0. The summed E-state index contributed by atoms with van der Waals surface area (Å²) < 4.78 is 16.4. The van der Waals surface area contributed by atoms with Crippen molar-refractivity contribution in [3.8, 4) is 23.0 Å². The van der Waals surface area contributed by atoms with Crippen LogP contribution < -0.4 is 14.4 Å². The number of carbonyl (C=O) groups is 1. The van der Waals surface area contributed by atoms with Gasteiger partial charge in [-0.25, -0.2) is 0 Å². The maximum absolute atomic E-state index is 11.9. The standard InChI is InChI=1S/C14H15N3O4/c1-8-15-16-14(21-8)9-6-10-12(7-11(9)19-3)20-5-4-13(18)17(10)2/h6-7H,4-5H2,1-3H3. The maximum Gasteiger partial charge on any atom is 0.251 e. The number of carbonyl (C=O) groups excluding carboxylic acids is 1. The van der Waals surface area contributed by atoms with Gasteiger partial charge >= 0.3 is 0 Å². The molecule has 21 heavy (non-hydrogen) atoms. The number of methoxy groups -OCH3 is 1. The number of benzene rings is 1. The van der Waals surface area contributed by atoms with Crippen molar-refractivity contribution in [3.63, 3.8) is 0 Å². The van der Waals surface area contributed by atoms with E-state index in [-0.39, 0.29) is 5.91 Å². The van der Waals surface area contributed by atoms with Crippen molar-refractivity contribution in [3.05, 3.63) is 18.0 Å². The number of anilines is 1. The lowest BCUT2D eigenvalue weighted by molar-refractivity contribution is -0.118. The summed E-state index contributed by atoms with van der Waals surface area (Å²) in [5.41, 5.74) is 1.28. The number of rotatable bonds is 2. The predicted octanol–water partition coefficient (Wildman–Crippen LogP) is 1.80. The van der Waals surface area contributed by atoms with Gasteiger partial charge in [0.05, 0.1) is 31.4 Å². The van der Waals surface area contributed by atoms with Crippen LogP contribution in [0.25, 0.3) is 11.5 Å². The molecular formula is C14H15N3O4. The molecule has 0 N–H and O–H groups in total. The third kappa shape index (κ3) is 2.31. The summed E-state index contributed by atoms with van der Waals surface area (Å²) in [4.78, 5) is 13.5. The van der Waals surface area contributed by atoms with E-state index in [0.717, 1.165) is 0 Å². The summed E-state index contributed by atoms with van der Waals surface area (Å²) in [6.45, 7) is 2.06. The first-order valence-corrected chi connectivity index (χ1v) is 6.52. The highest BCUT2D eigenvalue weighted by Crippen LogP contribution is 2.41. The second-order valence-electron chi connectivity index (χ2n) is 4.70. The van der Waals surface area contributed by atoms with Crippen LogP contribution in [0.3, 0.4) is 0 Å². The largest absolute Gasteiger partial charge is 0.496 e. The molecule has 0 unspecified atom stereocenters. The first kappa shape index (κ1) is 13.4. The molecule has 110 valence electrons. The van der Waals surface area contributed by atoms with Crippen LogP contribution in [-0.2, 0) is 4.79 Å². The Balaban J connectivity index is 2.17. The molecule has 1 aromatic carbocycles. The number of hydrogen-bond acceptors (Lipinski definition) is 6. The normalized spacial score (nSPS) is 14.4. The number of fused-ring (bicyclic) bond motifs is 1. The Morgan fingerprint density at radius 1 is 1.33 bits per heavy atom. The molecule has 7 nitrogen and oxygen atoms in total. The van der Waals surface area contributed by atoms with Gasteiger partial charge in [-0.3, -0.25) is 4.79 Å². The molecule has 0 radical (unpaired) electrons. The molecule has 0 saturated carbocycles. The predicted molar refractivity (Wildman–Crippen MR) is 74.5 cm³/mol. The Morgan fingerprint density at radius 3 is 2.81 bits per heavy atom. The van der Waals surface area contributed by atoms with Crippen LogP contribution in [0.5, 0.6) is 11.5 Å². The number of ether oxygens (including phenoxy) is 2. The molecule has 0 atom stereocenters. The van der Waals surface area contributed by atoms with E-state index >= 15 is 0 Å². The van der Waals surface area contributed by atoms with Crippen LogP contribution >= 0.6 is 0 Å². The van der Waals surface area contributed by atoms with Crippen molar-refractivity contribution in [1.82, 2.24) is 10.2 Å². The maximum atomic E-state index is 11.9. The summed E-state index contributed by atoms with van der Waals surface area (Å²) in [5, 5.41) is 7.82. The zero-order chi connectivity index (χ0) is 15.0. The topological polar surface area (TPSA) is 77.7 Å². The van der Waals surface area contributed by atoms with Crippen LogP contribution in [0, 0.1) is 6.92 Å². The van der Waals surface area contributed by atoms with Gasteiger partial charge in [0.25, 0.3) is 5.89 Å². The lowest BCUT2D eigenvalue weighted by Gasteiger charge is -2.18. The lowest BCUT2D eigenvalue weighted by Crippen LogP contribution is -2.25. The first-order valence-electron chi connectivity index (χ1n) is 6.52. The van der Waals surface area contributed by atoms with Gasteiger partial charge in [0.1, 0.15) is 11.5 Å². The average Bonchev–Trinajstić information content (AvgIpc) is 2.86. The highest BCUT2D eigenvalue weighted by atomic mass is 16.5. The summed E-state index contributed by atoms with van der Waals surface area (Å²) in [5.74, 6) is 1.95. The number of amides is 1. The Morgan fingerprint density at radius 2 is 2.14 bits per heavy atom. The van der Waals surface area contributed by atoms with Crippen molar-refractivity contribution in [2.45, 2.75) is 13.3 Å². The van der Waals surface area contributed by atoms with Gasteiger partial charge < -0.3 is 18.8 Å². The molecule has 0 aliphatic carbocycles. The van der Waals surface area contributed by atoms with Crippen LogP contribution in [-0.4, -0.2) is 36.9 Å². The highest BCUT2D eigenvalue weighted by molar-refractivity contribution is 5.96. The van der Waals surface area contributed by atoms with E-state index in [1.807, 2.05) is 0 Å². The minimum absolute atomic E-state index is 0.00780. The van der Waals surface area contributed by atoms with Gasteiger partial charge in [0.2, 0.25) is 11.8 Å². The minimum atomic E-state index is -0.00780. The molecule has 0 saturated heterocycles. The van der Waals surface area contributed by atoms with E-state index in [9.17, 15) is 4.79 Å². The first-order chi connectivity index (χ1) is 10.1. The van der Waals surface area contributed by atoms with E-state index in [4.69, 9.17) is 13.9 Å². The summed E-state index contributed by atoms with van der Waals surface area (Å²) >= 11 is 0. The second kappa shape index (κ2) is 5.08. The fraction of sp³-hybridized carbons (Fsp3) is 0.357. The third-order valence-corrected chi connectivity index (χ3v) is 3.35. The average molecular weight is 289 g/mol. The van der Waals surface area contributed by atoms with Crippen LogP contribution in [0.2, 0.25) is 0 Å². The van der Waals surface area contributed by atoms with E-state index in [2.05, 4.69) is 10.2 Å². The van der Waals surface area contributed by atoms with E-state index in [0.29, 0.717) is 47.6 Å². The van der Waals surface area contributed by atoms with Gasteiger partial charge in [0, 0.05) is 20.0 Å². The molecule has 1 amide bonds. The minimum Gasteiger partial charge on any atom is -0.496 e. The van der Waals surface area contributed by atoms with Gasteiger partial charge in [-0.1, -0.05) is 0 Å². The molecule has 2 aromatic rings. The quantitative estimate of drug-likeness (QED) is 0.839. The Hall–Kier alpha value is -2.57. The van der Waals surface area contributed by atoms with Crippen molar-refractivity contribution in [2.24, 2.45) is 0 Å². The smallest absolute Gasteiger partial charge is 0.251 e. The molecule has 0 spiro atoms.